The third-order valence-corrected chi connectivity index (χ3v) is 9.26. The van der Waals surface area contributed by atoms with E-state index in [-0.39, 0.29) is 5.92 Å². The maximum absolute atomic E-state index is 12.1. The second kappa shape index (κ2) is 10.3. The van der Waals surface area contributed by atoms with E-state index in [9.17, 15) is 8.42 Å². The van der Waals surface area contributed by atoms with Crippen molar-refractivity contribution in [3.8, 4) is 23.0 Å². The maximum Gasteiger partial charge on any atom is 0.227 e. The molecule has 2 aliphatic heterocycles. The van der Waals surface area contributed by atoms with Crippen LogP contribution in [0.1, 0.15) is 25.0 Å². The molecule has 0 saturated carbocycles. The first-order chi connectivity index (χ1) is 18.8. The Balaban J connectivity index is 1.36. The summed E-state index contributed by atoms with van der Waals surface area (Å²) >= 11 is 1.43. The predicted octanol–water partition coefficient (Wildman–Crippen LogP) is 3.36. The van der Waals surface area contributed by atoms with Crippen molar-refractivity contribution in [3.63, 3.8) is 0 Å². The summed E-state index contributed by atoms with van der Waals surface area (Å²) in [6.45, 7) is 4.45. The zero-order chi connectivity index (χ0) is 27.1. The summed E-state index contributed by atoms with van der Waals surface area (Å²) in [5.41, 5.74) is 8.09. The number of hydrogen-bond acceptors (Lipinski definition) is 11. The van der Waals surface area contributed by atoms with E-state index in [1.54, 1.807) is 10.5 Å². The second-order valence-electron chi connectivity index (χ2n) is 9.77. The van der Waals surface area contributed by atoms with Crippen LogP contribution >= 0.6 is 11.8 Å². The van der Waals surface area contributed by atoms with E-state index in [4.69, 9.17) is 24.6 Å². The lowest BCUT2D eigenvalue weighted by atomic mass is 9.96. The minimum atomic E-state index is -3.22. The number of ether oxygens (including phenoxy) is 2. The number of aromatic nitrogens is 5. The number of imidazole rings is 1. The molecular weight excluding hydrogens is 542 g/mol. The fraction of sp³-hybridized carbons (Fsp3) is 0.440. The lowest BCUT2D eigenvalue weighted by Gasteiger charge is -2.31. The molecular formula is C25H29N7O5S2. The van der Waals surface area contributed by atoms with Crippen LogP contribution in [-0.4, -0.2) is 69.8 Å². The Kier molecular flexibility index (Phi) is 6.85. The number of piperidine rings is 1. The zero-order valence-corrected chi connectivity index (χ0v) is 23.3. The van der Waals surface area contributed by atoms with Gasteiger partial charge in [-0.3, -0.25) is 0 Å². The van der Waals surface area contributed by atoms with Gasteiger partial charge in [0, 0.05) is 24.5 Å². The first kappa shape index (κ1) is 25.9. The summed E-state index contributed by atoms with van der Waals surface area (Å²) in [4.78, 5) is 18.7. The summed E-state index contributed by atoms with van der Waals surface area (Å²) in [5, 5.41) is 0.675. The molecule has 0 spiro atoms. The van der Waals surface area contributed by atoms with Gasteiger partial charge in [0.1, 0.15) is 25.3 Å². The number of nitrogens with zero attached hydrogens (tertiary/aromatic N) is 6. The fourth-order valence-electron chi connectivity index (χ4n) is 4.99. The van der Waals surface area contributed by atoms with Crippen LogP contribution in [0, 0.1) is 12.8 Å². The van der Waals surface area contributed by atoms with Gasteiger partial charge in [-0.05, 0) is 44.2 Å². The average molecular weight is 572 g/mol. The highest BCUT2D eigenvalue weighted by Gasteiger charge is 2.27. The molecule has 12 nitrogen and oxygen atoms in total. The molecule has 0 radical (unpaired) electrons. The average Bonchev–Trinajstić information content (AvgIpc) is 3.50. The first-order valence-electron chi connectivity index (χ1n) is 12.7. The Morgan fingerprint density at radius 2 is 1.95 bits per heavy atom. The summed E-state index contributed by atoms with van der Waals surface area (Å²) in [7, 11) is -3.22. The van der Waals surface area contributed by atoms with E-state index in [0.717, 1.165) is 29.7 Å². The monoisotopic (exact) mass is 571 g/mol. The molecule has 206 valence electrons. The van der Waals surface area contributed by atoms with Crippen molar-refractivity contribution in [2.24, 2.45) is 5.92 Å². The number of hydrogen-bond donors (Lipinski definition) is 1. The molecule has 3 aromatic heterocycles. The Morgan fingerprint density at radius 1 is 1.15 bits per heavy atom. The Bertz CT molecular complexity index is 1640. The minimum Gasteiger partial charge on any atom is -0.486 e. The molecule has 14 heteroatoms. The van der Waals surface area contributed by atoms with E-state index in [2.05, 4.69) is 15.0 Å². The molecule has 1 aromatic carbocycles. The second-order valence-corrected chi connectivity index (χ2v) is 12.8. The third kappa shape index (κ3) is 5.28. The van der Waals surface area contributed by atoms with Crippen molar-refractivity contribution in [2.75, 3.05) is 38.3 Å². The number of anilines is 1. The van der Waals surface area contributed by atoms with E-state index in [1.165, 1.54) is 24.3 Å². The van der Waals surface area contributed by atoms with Crippen molar-refractivity contribution >= 4 is 38.8 Å². The number of rotatable bonds is 7. The van der Waals surface area contributed by atoms with Crippen molar-refractivity contribution < 1.29 is 22.3 Å². The molecule has 1 unspecified atom stereocenters. The summed E-state index contributed by atoms with van der Waals surface area (Å²) in [5.74, 6) is 2.96. The topological polar surface area (TPSA) is 151 Å². The molecule has 6 rings (SSSR count). The molecule has 39 heavy (non-hydrogen) atoms. The normalized spacial score (nSPS) is 18.1. The van der Waals surface area contributed by atoms with Gasteiger partial charge >= 0.3 is 0 Å². The third-order valence-electron chi connectivity index (χ3n) is 6.93. The Hall–Kier alpha value is -3.36. The van der Waals surface area contributed by atoms with Crippen LogP contribution in [0.4, 0.5) is 5.82 Å². The Morgan fingerprint density at radius 3 is 2.69 bits per heavy atom. The molecule has 2 N–H and O–H groups in total. The van der Waals surface area contributed by atoms with Crippen molar-refractivity contribution in [3.05, 3.63) is 30.4 Å². The highest BCUT2D eigenvalue weighted by atomic mass is 32.2. The highest BCUT2D eigenvalue weighted by Crippen LogP contribution is 2.44. The number of nitrogen functional groups attached to an aromatic ring is 1. The molecule has 1 atom stereocenters. The molecule has 1 fully saturated rings. The van der Waals surface area contributed by atoms with Crippen LogP contribution < -0.4 is 15.2 Å². The number of nitrogens with two attached hydrogens (primary N) is 1. The number of fused-ring (bicyclic) bond motifs is 2. The molecule has 4 aromatic rings. The van der Waals surface area contributed by atoms with Crippen LogP contribution in [0.15, 0.2) is 39.1 Å². The van der Waals surface area contributed by atoms with Crippen LogP contribution in [0.2, 0.25) is 0 Å². The smallest absolute Gasteiger partial charge is 0.227 e. The predicted molar refractivity (Wildman–Crippen MR) is 145 cm³/mol. The summed E-state index contributed by atoms with van der Waals surface area (Å²) in [6.07, 6.45) is 6.95. The number of sulfonamides is 1. The van der Waals surface area contributed by atoms with E-state index in [0.29, 0.717) is 78.1 Å². The van der Waals surface area contributed by atoms with E-state index in [1.807, 2.05) is 23.6 Å². The summed E-state index contributed by atoms with van der Waals surface area (Å²) in [6, 6.07) is 3.79. The summed E-state index contributed by atoms with van der Waals surface area (Å²) < 4.78 is 45.4. The van der Waals surface area contributed by atoms with E-state index >= 15 is 0 Å². The standard InChI is InChI=1S/C25H29N7O5S2/c1-15-12-27-24(37-15)17-10-18-19(36-9-8-35-18)11-20(17)38-25-30-21-22(26)28-14-29-23(21)32(25)7-5-16-4-3-6-31(13-16)39(2,33)34/h10-12,14,16H,3-9,13H2,1-2H3,(H2,26,28,29). The van der Waals surface area contributed by atoms with Gasteiger partial charge in [0.25, 0.3) is 0 Å². The van der Waals surface area contributed by atoms with Crippen LogP contribution in [0.5, 0.6) is 11.5 Å². The van der Waals surface area contributed by atoms with Gasteiger partial charge in [0.15, 0.2) is 33.6 Å². The van der Waals surface area contributed by atoms with Gasteiger partial charge in [-0.2, -0.15) is 0 Å². The van der Waals surface area contributed by atoms with Gasteiger partial charge in [-0.1, -0.05) is 11.8 Å². The SMILES string of the molecule is Cc1cnc(-c2cc3c(cc2Sc2nc4c(N)ncnc4n2CCC2CCCN(S(C)(=O)=O)C2)OCCO3)o1. The lowest BCUT2D eigenvalue weighted by molar-refractivity contribution is 0.171. The lowest BCUT2D eigenvalue weighted by Crippen LogP contribution is -2.39. The minimum absolute atomic E-state index is 0.225. The first-order valence-corrected chi connectivity index (χ1v) is 15.4. The molecule has 5 heterocycles. The van der Waals surface area contributed by atoms with E-state index < -0.39 is 10.0 Å². The van der Waals surface area contributed by atoms with Crippen LogP contribution in [0.25, 0.3) is 22.6 Å². The quantitative estimate of drug-likeness (QED) is 0.348. The van der Waals surface area contributed by atoms with Gasteiger partial charge < -0.3 is 24.2 Å². The highest BCUT2D eigenvalue weighted by molar-refractivity contribution is 7.99. The van der Waals surface area contributed by atoms with Crippen molar-refractivity contribution in [2.45, 2.75) is 42.8 Å². The van der Waals surface area contributed by atoms with Crippen molar-refractivity contribution in [1.82, 2.24) is 28.8 Å². The number of benzene rings is 1. The molecule has 0 bridgehead atoms. The fourth-order valence-corrected chi connectivity index (χ4v) is 6.97. The largest absolute Gasteiger partial charge is 0.486 e. The maximum atomic E-state index is 12.1. The molecule has 0 amide bonds. The zero-order valence-electron chi connectivity index (χ0n) is 21.7. The van der Waals surface area contributed by atoms with Gasteiger partial charge in [-0.25, -0.2) is 32.7 Å². The Labute approximate surface area is 230 Å². The number of oxazole rings is 1. The van der Waals surface area contributed by atoms with Gasteiger partial charge in [-0.15, -0.1) is 0 Å². The molecule has 1 saturated heterocycles. The molecule has 0 aliphatic carbocycles. The number of aryl methyl sites for hydroxylation is 2. The molecule has 2 aliphatic rings. The van der Waals surface area contributed by atoms with Crippen LogP contribution in [0.3, 0.4) is 0 Å². The van der Waals surface area contributed by atoms with Crippen molar-refractivity contribution in [1.29, 1.82) is 0 Å². The van der Waals surface area contributed by atoms with Gasteiger partial charge in [0.05, 0.1) is 18.0 Å². The van der Waals surface area contributed by atoms with Gasteiger partial charge in [0.2, 0.25) is 15.9 Å². The van der Waals surface area contributed by atoms with Crippen LogP contribution in [-0.2, 0) is 16.6 Å².